The Bertz CT molecular complexity index is 1250. The highest BCUT2D eigenvalue weighted by molar-refractivity contribution is 7.10. The van der Waals surface area contributed by atoms with Crippen molar-refractivity contribution in [2.75, 3.05) is 32.8 Å². The van der Waals surface area contributed by atoms with Gasteiger partial charge in [0.1, 0.15) is 5.75 Å². The first-order valence-electron chi connectivity index (χ1n) is 12.4. The Hall–Kier alpha value is -2.58. The van der Waals surface area contributed by atoms with Crippen molar-refractivity contribution in [3.05, 3.63) is 86.0 Å². The molecule has 37 heavy (non-hydrogen) atoms. The van der Waals surface area contributed by atoms with Gasteiger partial charge in [-0.3, -0.25) is 9.59 Å². The molecule has 0 saturated carbocycles. The Labute approximate surface area is 230 Å². The number of amides is 2. The molecule has 194 valence electrons. The molecule has 0 radical (unpaired) electrons. The van der Waals surface area contributed by atoms with Gasteiger partial charge in [-0.25, -0.2) is 0 Å². The topological polar surface area (TPSA) is 59.1 Å². The van der Waals surface area contributed by atoms with E-state index < -0.39 is 0 Å². The summed E-state index contributed by atoms with van der Waals surface area (Å²) in [5.41, 5.74) is 1.89. The second kappa shape index (κ2) is 11.9. The molecule has 2 unspecified atom stereocenters. The van der Waals surface area contributed by atoms with E-state index in [4.69, 9.17) is 32.7 Å². The van der Waals surface area contributed by atoms with Gasteiger partial charge in [0, 0.05) is 34.6 Å². The zero-order valence-electron chi connectivity index (χ0n) is 20.3. The minimum Gasteiger partial charge on any atom is -0.484 e. The van der Waals surface area contributed by atoms with Gasteiger partial charge in [-0.1, -0.05) is 47.5 Å². The molecular weight excluding hydrogens is 531 g/mol. The van der Waals surface area contributed by atoms with Gasteiger partial charge in [-0.15, -0.1) is 11.3 Å². The SMILES string of the molecule is O=C(COc1ccccc1)N(CC(=O)N1CCc2sccc2C1c1ccc(Cl)cc1Cl)CC1CCCO1. The van der Waals surface area contributed by atoms with Crippen LogP contribution < -0.4 is 4.74 Å². The van der Waals surface area contributed by atoms with Crippen molar-refractivity contribution in [2.24, 2.45) is 0 Å². The number of fused-ring (bicyclic) bond motifs is 1. The fraction of sp³-hybridized carbons (Fsp3) is 0.357. The molecule has 0 aliphatic carbocycles. The number of para-hydroxylation sites is 1. The first-order chi connectivity index (χ1) is 18.0. The summed E-state index contributed by atoms with van der Waals surface area (Å²) in [6.07, 6.45) is 2.49. The molecule has 2 aliphatic heterocycles. The molecule has 1 aromatic heterocycles. The van der Waals surface area contributed by atoms with Crippen molar-refractivity contribution < 1.29 is 19.1 Å². The van der Waals surface area contributed by atoms with E-state index in [0.29, 0.717) is 35.5 Å². The summed E-state index contributed by atoms with van der Waals surface area (Å²) in [5.74, 6) is 0.221. The van der Waals surface area contributed by atoms with Gasteiger partial charge < -0.3 is 19.3 Å². The van der Waals surface area contributed by atoms with Gasteiger partial charge in [-0.2, -0.15) is 0 Å². The van der Waals surface area contributed by atoms with Crippen molar-refractivity contribution >= 4 is 46.4 Å². The van der Waals surface area contributed by atoms with Gasteiger partial charge in [-0.05, 0) is 66.1 Å². The second-order valence-electron chi connectivity index (χ2n) is 9.22. The van der Waals surface area contributed by atoms with Crippen molar-refractivity contribution in [3.63, 3.8) is 0 Å². The third kappa shape index (κ3) is 6.12. The number of rotatable bonds is 8. The molecule has 0 spiro atoms. The molecule has 3 aromatic rings. The minimum atomic E-state index is -0.340. The fourth-order valence-corrected chi connectivity index (χ4v) is 6.36. The molecule has 3 heterocycles. The van der Waals surface area contributed by atoms with E-state index in [1.54, 1.807) is 40.5 Å². The third-order valence-corrected chi connectivity index (χ3v) is 8.33. The van der Waals surface area contributed by atoms with Crippen LogP contribution in [0.1, 0.15) is 34.9 Å². The highest BCUT2D eigenvalue weighted by Gasteiger charge is 2.35. The lowest BCUT2D eigenvalue weighted by Gasteiger charge is -2.38. The summed E-state index contributed by atoms with van der Waals surface area (Å²) in [6.45, 7) is 1.36. The molecule has 6 nitrogen and oxygen atoms in total. The Morgan fingerprint density at radius 3 is 2.70 bits per heavy atom. The summed E-state index contributed by atoms with van der Waals surface area (Å²) >= 11 is 14.5. The van der Waals surface area contributed by atoms with Crippen LogP contribution >= 0.6 is 34.5 Å². The molecule has 2 amide bonds. The number of carbonyl (C=O) groups is 2. The Morgan fingerprint density at radius 1 is 1.11 bits per heavy atom. The zero-order valence-corrected chi connectivity index (χ0v) is 22.6. The lowest BCUT2D eigenvalue weighted by atomic mass is 9.93. The monoisotopic (exact) mass is 558 g/mol. The first-order valence-corrected chi connectivity index (χ1v) is 14.0. The number of ether oxygens (including phenoxy) is 2. The summed E-state index contributed by atoms with van der Waals surface area (Å²) < 4.78 is 11.5. The highest BCUT2D eigenvalue weighted by atomic mass is 35.5. The Morgan fingerprint density at radius 2 is 1.95 bits per heavy atom. The zero-order chi connectivity index (χ0) is 25.8. The average Bonchev–Trinajstić information content (AvgIpc) is 3.59. The van der Waals surface area contributed by atoms with E-state index in [1.165, 1.54) is 4.88 Å². The normalized spacial score (nSPS) is 18.9. The summed E-state index contributed by atoms with van der Waals surface area (Å²) in [4.78, 5) is 31.7. The predicted molar refractivity (Wildman–Crippen MR) is 146 cm³/mol. The molecule has 0 N–H and O–H groups in total. The van der Waals surface area contributed by atoms with E-state index >= 15 is 0 Å². The van der Waals surface area contributed by atoms with Crippen molar-refractivity contribution in [3.8, 4) is 5.75 Å². The quantitative estimate of drug-likeness (QED) is 0.360. The lowest BCUT2D eigenvalue weighted by molar-refractivity contribution is -0.144. The molecular formula is C28H28Cl2N2O4S. The number of halogens is 2. The standard InChI is InChI=1S/C28H28Cl2N2O4S/c29-19-8-9-22(24(30)15-19)28-23-11-14-37-25(23)10-12-32(28)26(33)17-31(16-21-7-4-13-35-21)27(34)18-36-20-5-2-1-3-6-20/h1-3,5-6,8-9,11,14-15,21,28H,4,7,10,12-13,16-18H2. The van der Waals surface area contributed by atoms with Gasteiger partial charge >= 0.3 is 0 Å². The molecule has 9 heteroatoms. The van der Waals surface area contributed by atoms with Crippen LogP contribution in [0.5, 0.6) is 5.75 Å². The molecule has 2 atom stereocenters. The number of thiophene rings is 1. The third-order valence-electron chi connectivity index (χ3n) is 6.78. The van der Waals surface area contributed by atoms with Crippen LogP contribution in [0.2, 0.25) is 10.0 Å². The van der Waals surface area contributed by atoms with Gasteiger partial charge in [0.2, 0.25) is 5.91 Å². The summed E-state index contributed by atoms with van der Waals surface area (Å²) in [5, 5.41) is 3.10. The number of nitrogens with zero attached hydrogens (tertiary/aromatic N) is 2. The lowest BCUT2D eigenvalue weighted by Crippen LogP contribution is -2.49. The molecule has 5 rings (SSSR count). The van der Waals surface area contributed by atoms with Gasteiger partial charge in [0.05, 0.1) is 18.7 Å². The van der Waals surface area contributed by atoms with Crippen LogP contribution in [0.3, 0.4) is 0 Å². The maximum atomic E-state index is 13.8. The van der Waals surface area contributed by atoms with Crippen LogP contribution in [0.4, 0.5) is 0 Å². The summed E-state index contributed by atoms with van der Waals surface area (Å²) in [6, 6.07) is 16.3. The Balaban J connectivity index is 1.37. The van der Waals surface area contributed by atoms with E-state index in [0.717, 1.165) is 30.4 Å². The maximum Gasteiger partial charge on any atom is 0.261 e. The fourth-order valence-electron chi connectivity index (χ4n) is 4.94. The Kier molecular flexibility index (Phi) is 8.35. The molecule has 1 fully saturated rings. The smallest absolute Gasteiger partial charge is 0.261 e. The predicted octanol–water partition coefficient (Wildman–Crippen LogP) is 5.62. The second-order valence-corrected chi connectivity index (χ2v) is 11.1. The number of benzene rings is 2. The van der Waals surface area contributed by atoms with Crippen LogP contribution in [0.25, 0.3) is 0 Å². The van der Waals surface area contributed by atoms with Crippen LogP contribution in [0, 0.1) is 0 Å². The van der Waals surface area contributed by atoms with E-state index in [9.17, 15) is 9.59 Å². The van der Waals surface area contributed by atoms with Crippen LogP contribution in [-0.4, -0.2) is 60.6 Å². The van der Waals surface area contributed by atoms with Gasteiger partial charge in [0.15, 0.2) is 6.61 Å². The van der Waals surface area contributed by atoms with Crippen molar-refractivity contribution in [1.82, 2.24) is 9.80 Å². The summed E-state index contributed by atoms with van der Waals surface area (Å²) in [7, 11) is 0. The molecule has 2 aromatic carbocycles. The molecule has 1 saturated heterocycles. The molecule has 0 bridgehead atoms. The first kappa shape index (κ1) is 26.0. The number of hydrogen-bond acceptors (Lipinski definition) is 5. The largest absolute Gasteiger partial charge is 0.484 e. The van der Waals surface area contributed by atoms with Crippen LogP contribution in [0.15, 0.2) is 60.0 Å². The van der Waals surface area contributed by atoms with Crippen molar-refractivity contribution in [2.45, 2.75) is 31.4 Å². The number of hydrogen-bond donors (Lipinski definition) is 0. The molecule has 2 aliphatic rings. The minimum absolute atomic E-state index is 0.0575. The van der Waals surface area contributed by atoms with Crippen LogP contribution in [-0.2, 0) is 20.7 Å². The average molecular weight is 560 g/mol. The van der Waals surface area contributed by atoms with E-state index in [2.05, 4.69) is 6.07 Å². The van der Waals surface area contributed by atoms with E-state index in [-0.39, 0.29) is 37.1 Å². The number of carbonyl (C=O) groups excluding carboxylic acids is 2. The maximum absolute atomic E-state index is 13.8. The highest BCUT2D eigenvalue weighted by Crippen LogP contribution is 2.41. The van der Waals surface area contributed by atoms with E-state index in [1.807, 2.05) is 34.5 Å². The van der Waals surface area contributed by atoms with Crippen molar-refractivity contribution in [1.29, 1.82) is 0 Å². The van der Waals surface area contributed by atoms with Gasteiger partial charge in [0.25, 0.3) is 5.91 Å².